The zero-order chi connectivity index (χ0) is 25.0. The second-order valence-corrected chi connectivity index (χ2v) is 7.91. The number of hydrogen-bond donors (Lipinski definition) is 6. The summed E-state index contributed by atoms with van der Waals surface area (Å²) in [5, 5.41) is 59.3. The number of hydrogen-bond acceptors (Lipinski definition) is 11. The number of carbonyl (C=O) groups excluding carboxylic acids is 2. The van der Waals surface area contributed by atoms with Gasteiger partial charge in [-0.25, -0.2) is 4.79 Å². The van der Waals surface area contributed by atoms with Crippen LogP contribution in [0.4, 0.5) is 0 Å². The predicted octanol–water partition coefficient (Wildman–Crippen LogP) is 0.368. The summed E-state index contributed by atoms with van der Waals surface area (Å²) in [6, 6.07) is 8.66. The Morgan fingerprint density at radius 2 is 1.59 bits per heavy atom. The van der Waals surface area contributed by atoms with E-state index in [0.29, 0.717) is 18.6 Å². The van der Waals surface area contributed by atoms with Crippen LogP contribution in [0.3, 0.4) is 0 Å². The lowest BCUT2D eigenvalue weighted by Gasteiger charge is -2.39. The van der Waals surface area contributed by atoms with E-state index in [-0.39, 0.29) is 5.78 Å². The lowest BCUT2D eigenvalue weighted by molar-refractivity contribution is -0.277. The largest absolute Gasteiger partial charge is 0.504 e. The molecule has 1 fully saturated rings. The Morgan fingerprint density at radius 1 is 0.912 bits per heavy atom. The topological polar surface area (TPSA) is 183 Å². The van der Waals surface area contributed by atoms with Crippen LogP contribution < -0.4 is 4.74 Å². The van der Waals surface area contributed by atoms with Gasteiger partial charge in [0.2, 0.25) is 12.0 Å². The number of ketones is 1. The van der Waals surface area contributed by atoms with E-state index in [1.165, 1.54) is 6.92 Å². The molecule has 6 N–H and O–H groups in total. The van der Waals surface area contributed by atoms with E-state index in [1.54, 1.807) is 24.3 Å². The Hall–Kier alpha value is -3.38. The van der Waals surface area contributed by atoms with Gasteiger partial charge in [0, 0.05) is 6.42 Å². The normalized spacial score (nSPS) is 24.4. The van der Waals surface area contributed by atoms with Crippen molar-refractivity contribution in [2.75, 3.05) is 6.61 Å². The van der Waals surface area contributed by atoms with Crippen molar-refractivity contribution in [1.29, 1.82) is 0 Å². The Kier molecular flexibility index (Phi) is 7.94. The summed E-state index contributed by atoms with van der Waals surface area (Å²) in [4.78, 5) is 23.4. The number of aliphatic hydroxyl groups excluding tert-OH is 3. The molecule has 5 atom stereocenters. The van der Waals surface area contributed by atoms with E-state index in [1.807, 2.05) is 0 Å². The minimum Gasteiger partial charge on any atom is -0.504 e. The molecule has 1 saturated heterocycles. The van der Waals surface area contributed by atoms with E-state index >= 15 is 0 Å². The summed E-state index contributed by atoms with van der Waals surface area (Å²) in [6.07, 6.45) is -6.66. The number of esters is 1. The molecule has 11 nitrogen and oxygen atoms in total. The van der Waals surface area contributed by atoms with Gasteiger partial charge in [-0.1, -0.05) is 12.1 Å². The van der Waals surface area contributed by atoms with Crippen LogP contribution in [-0.2, 0) is 20.7 Å². The van der Waals surface area contributed by atoms with Crippen molar-refractivity contribution in [2.24, 2.45) is 0 Å². The number of aromatic hydroxyl groups is 3. The highest BCUT2D eigenvalue weighted by molar-refractivity contribution is 5.93. The quantitative estimate of drug-likeness (QED) is 0.228. The SMILES string of the molecule is CC(=O)CCc1ccc(O[C@@H]2O[C@H](COC(=O)c3ccc(O)c(O)c3O)[C@@H](O)[C@H](O)[C@H]2O)cc1. The number of ether oxygens (including phenoxy) is 3. The maximum absolute atomic E-state index is 12.2. The first-order valence-corrected chi connectivity index (χ1v) is 10.4. The minimum atomic E-state index is -1.68. The van der Waals surface area contributed by atoms with E-state index in [0.717, 1.165) is 17.7 Å². The third-order valence-electron chi connectivity index (χ3n) is 5.34. The van der Waals surface area contributed by atoms with Crippen LogP contribution in [0.1, 0.15) is 29.3 Å². The Morgan fingerprint density at radius 3 is 2.24 bits per heavy atom. The summed E-state index contributed by atoms with van der Waals surface area (Å²) in [5.41, 5.74) is 0.454. The van der Waals surface area contributed by atoms with Gasteiger partial charge in [-0.3, -0.25) is 0 Å². The van der Waals surface area contributed by atoms with Crippen molar-refractivity contribution >= 4 is 11.8 Å². The standard InChI is InChI=1S/C23H26O11/c1-11(24)2-3-12-4-6-13(7-5-12)33-23-21(30)20(29)19(28)16(34-23)10-32-22(31)14-8-9-15(25)18(27)17(14)26/h4-9,16,19-21,23,25-30H,2-3,10H2,1H3/t16-,19-,20+,21-,23-/m1/s1. The molecule has 0 bridgehead atoms. The van der Waals surface area contributed by atoms with Gasteiger partial charge in [0.15, 0.2) is 11.5 Å². The third-order valence-corrected chi connectivity index (χ3v) is 5.34. The summed E-state index contributed by atoms with van der Waals surface area (Å²) in [6.45, 7) is 0.915. The highest BCUT2D eigenvalue weighted by Gasteiger charge is 2.45. The van der Waals surface area contributed by atoms with E-state index < -0.39 is 66.1 Å². The number of aliphatic hydroxyl groups is 3. The number of benzene rings is 2. The van der Waals surface area contributed by atoms with Crippen molar-refractivity contribution in [1.82, 2.24) is 0 Å². The van der Waals surface area contributed by atoms with Crippen LogP contribution in [0.2, 0.25) is 0 Å². The van der Waals surface area contributed by atoms with E-state index in [4.69, 9.17) is 14.2 Å². The van der Waals surface area contributed by atoms with Crippen LogP contribution in [0, 0.1) is 0 Å². The highest BCUT2D eigenvalue weighted by Crippen LogP contribution is 2.37. The highest BCUT2D eigenvalue weighted by atomic mass is 16.7. The predicted molar refractivity (Wildman–Crippen MR) is 114 cm³/mol. The molecular formula is C23H26O11. The molecule has 11 heteroatoms. The fourth-order valence-corrected chi connectivity index (χ4v) is 3.31. The molecule has 1 aliphatic heterocycles. The number of Topliss-reactive ketones (excluding diaryl/α,β-unsaturated/α-hetero) is 1. The van der Waals surface area contributed by atoms with Crippen LogP contribution >= 0.6 is 0 Å². The number of carbonyl (C=O) groups is 2. The molecule has 1 aliphatic rings. The van der Waals surface area contributed by atoms with Crippen molar-refractivity contribution in [3.8, 4) is 23.0 Å². The summed E-state index contributed by atoms with van der Waals surface area (Å²) >= 11 is 0. The van der Waals surface area contributed by atoms with Gasteiger partial charge in [-0.05, 0) is 43.2 Å². The molecule has 0 saturated carbocycles. The molecule has 0 spiro atoms. The molecule has 0 unspecified atom stereocenters. The zero-order valence-electron chi connectivity index (χ0n) is 18.2. The van der Waals surface area contributed by atoms with E-state index in [9.17, 15) is 40.2 Å². The molecular weight excluding hydrogens is 452 g/mol. The second kappa shape index (κ2) is 10.7. The third kappa shape index (κ3) is 5.75. The maximum atomic E-state index is 12.2. The maximum Gasteiger partial charge on any atom is 0.342 e. The first-order chi connectivity index (χ1) is 16.1. The van der Waals surface area contributed by atoms with Gasteiger partial charge in [0.05, 0.1) is 0 Å². The van der Waals surface area contributed by atoms with Crippen LogP contribution in [-0.4, -0.2) is 79.7 Å². The van der Waals surface area contributed by atoms with Crippen molar-refractivity contribution in [3.05, 3.63) is 47.5 Å². The Balaban J connectivity index is 1.63. The number of rotatable bonds is 8. The molecule has 184 valence electrons. The van der Waals surface area contributed by atoms with Gasteiger partial charge in [0.25, 0.3) is 0 Å². The monoisotopic (exact) mass is 478 g/mol. The number of phenolic OH excluding ortho intramolecular Hbond substituents is 3. The first kappa shape index (κ1) is 25.2. The van der Waals surface area contributed by atoms with Gasteiger partial charge >= 0.3 is 5.97 Å². The summed E-state index contributed by atoms with van der Waals surface area (Å²) in [5.74, 6) is -3.16. The zero-order valence-corrected chi connectivity index (χ0v) is 18.2. The second-order valence-electron chi connectivity index (χ2n) is 7.91. The molecule has 0 aliphatic carbocycles. The van der Waals surface area contributed by atoms with Gasteiger partial charge in [-0.2, -0.15) is 0 Å². The molecule has 0 aromatic heterocycles. The lowest BCUT2D eigenvalue weighted by Crippen LogP contribution is -2.60. The van der Waals surface area contributed by atoms with E-state index in [2.05, 4.69) is 0 Å². The molecule has 3 rings (SSSR count). The molecule has 2 aromatic carbocycles. The molecule has 1 heterocycles. The average molecular weight is 478 g/mol. The van der Waals surface area contributed by atoms with Crippen molar-refractivity contribution in [3.63, 3.8) is 0 Å². The fourth-order valence-electron chi connectivity index (χ4n) is 3.31. The van der Waals surface area contributed by atoms with Crippen LogP contribution in [0.15, 0.2) is 36.4 Å². The molecule has 0 radical (unpaired) electrons. The van der Waals surface area contributed by atoms with Crippen molar-refractivity contribution < 1.29 is 54.4 Å². The Bertz CT molecular complexity index is 1020. The smallest absolute Gasteiger partial charge is 0.342 e. The fraction of sp³-hybridized carbons (Fsp3) is 0.391. The number of aryl methyl sites for hydroxylation is 1. The van der Waals surface area contributed by atoms with Crippen molar-refractivity contribution in [2.45, 2.75) is 50.5 Å². The summed E-state index contributed by atoms with van der Waals surface area (Å²) < 4.78 is 16.1. The van der Waals surface area contributed by atoms with Gasteiger partial charge in [-0.15, -0.1) is 0 Å². The van der Waals surface area contributed by atoms with Crippen LogP contribution in [0.25, 0.3) is 0 Å². The Labute approximate surface area is 194 Å². The average Bonchev–Trinajstić information content (AvgIpc) is 2.81. The molecule has 0 amide bonds. The minimum absolute atomic E-state index is 0.0655. The molecule has 2 aromatic rings. The lowest BCUT2D eigenvalue weighted by atomic mass is 9.99. The molecule has 34 heavy (non-hydrogen) atoms. The van der Waals surface area contributed by atoms with Gasteiger partial charge in [0.1, 0.15) is 48.1 Å². The number of phenols is 3. The van der Waals surface area contributed by atoms with Crippen LogP contribution in [0.5, 0.6) is 23.0 Å². The first-order valence-electron chi connectivity index (χ1n) is 10.4. The summed E-state index contributed by atoms with van der Waals surface area (Å²) in [7, 11) is 0. The van der Waals surface area contributed by atoms with Gasteiger partial charge < -0.3 is 49.6 Å².